The minimum atomic E-state index is -1.86. The first-order valence-electron chi connectivity index (χ1n) is 43.9. The second-order valence-electron chi connectivity index (χ2n) is 34.6. The summed E-state index contributed by atoms with van der Waals surface area (Å²) >= 11 is 10.1. The van der Waals surface area contributed by atoms with Crippen molar-refractivity contribution in [1.82, 2.24) is 85.1 Å². The molecule has 22 atom stereocenters. The lowest BCUT2D eigenvalue weighted by Crippen LogP contribution is -2.63. The number of amides is 18. The minimum absolute atomic E-state index is 0.0230. The average Bonchev–Trinajstić information content (AvgIpc) is 0.838. The molecular formula is C85H145N19O23S3. The molecule has 0 aromatic heterocycles. The number of hydrogen-bond acceptors (Lipinski definition) is 26. The first-order valence-corrected chi connectivity index (χ1v) is 46.6. The van der Waals surface area contributed by atoms with Gasteiger partial charge in [0.1, 0.15) is 96.7 Å². The quantitative estimate of drug-likeness (QED) is 0.0279. The average molecular weight is 1900 g/mol. The maximum absolute atomic E-state index is 14.8. The molecule has 130 heavy (non-hydrogen) atoms. The summed E-state index contributed by atoms with van der Waals surface area (Å²) in [6, 6.07) is -17.1. The van der Waals surface area contributed by atoms with Gasteiger partial charge in [-0.3, -0.25) is 86.3 Å². The molecule has 0 heterocycles. The molecule has 0 aliphatic heterocycles. The number of nitrogens with one attached hydrogen (secondary N) is 16. The van der Waals surface area contributed by atoms with Gasteiger partial charge >= 0.3 is 5.97 Å². The molecule has 0 fully saturated rings. The number of carbonyl (C=O) groups is 19. The lowest BCUT2D eigenvalue weighted by atomic mass is 9.95. The van der Waals surface area contributed by atoms with Gasteiger partial charge in [-0.15, -0.1) is 0 Å². The van der Waals surface area contributed by atoms with Crippen LogP contribution >= 0.6 is 37.0 Å². The van der Waals surface area contributed by atoms with E-state index in [0.29, 0.717) is 11.3 Å². The van der Waals surface area contributed by atoms with E-state index in [1.54, 1.807) is 134 Å². The third kappa shape index (κ3) is 42.5. The Labute approximate surface area is 776 Å². The summed E-state index contributed by atoms with van der Waals surface area (Å²) in [4.78, 5) is 262. The van der Waals surface area contributed by atoms with Crippen molar-refractivity contribution in [1.29, 1.82) is 0 Å². The zero-order valence-corrected chi connectivity index (χ0v) is 80.4. The fourth-order valence-electron chi connectivity index (χ4n) is 13.1. The molecule has 0 spiro atoms. The molecule has 1 aromatic rings. The van der Waals surface area contributed by atoms with Crippen molar-refractivity contribution in [2.24, 2.45) is 58.6 Å². The standard InChI is InChI=1S/C85H145N19O23S3/c1-19-44(12)64(100-69(110)47(15)89-83(124)67(48(16)106)103-71(112)52(27-28-62(87)108)90-74(115)58(36-63(88)109)91-70(111)51(86)29-30-130-18)80(121)94-56(34-43(10)11)76(117)102-66(46(14)21-3)82(123)99-61(39-129)79(120)98-60(38-128)78(119)93-54(32-41(6)7)75(116)101-65(45(13)20-2)81(122)96-57(35-50-25-23-22-24-26-50)73(114)92-55(33-42(8)9)77(118)104-68(49(17)107)84(125)95-53(31-40(4)5)72(113)97-59(37-105)85(126)127/h22-26,40-49,51-61,64-68,105-107,128-129H,19-21,27-39,86H2,1-18H3,(H2,87,108)(H2,88,109)(H,89,124)(H,90,115)(H,91,111)(H,92,114)(H,93,119)(H,94,121)(H,95,125)(H,96,122)(H,97,113)(H,98,120)(H,99,123)(H,100,110)(H,101,116)(H,102,117)(H,103,112)(H,104,118)(H,126,127)/t44-,45-,46-,47-,48+,49+,51-,52-,53-,54-,55-,56-,57-,58-,59-,60-,61-,64-,65-,66-,67-,68-/m0/s1. The Morgan fingerprint density at radius 2 is 0.646 bits per heavy atom. The molecule has 26 N–H and O–H groups in total. The minimum Gasteiger partial charge on any atom is -0.480 e. The van der Waals surface area contributed by atoms with E-state index in [1.807, 2.05) is 0 Å². The van der Waals surface area contributed by atoms with Crippen LogP contribution in [0.25, 0.3) is 0 Å². The van der Waals surface area contributed by atoms with Gasteiger partial charge in [0, 0.05) is 24.3 Å². The highest BCUT2D eigenvalue weighted by Gasteiger charge is 2.42. The van der Waals surface area contributed by atoms with Gasteiger partial charge in [-0.05, 0) is 118 Å². The molecule has 0 saturated heterocycles. The first-order chi connectivity index (χ1) is 60.8. The SMILES string of the molecule is CC[C@H](C)[C@H](NC(=O)[C@H](C)NC(=O)[C@@H](NC(=O)[C@H](CCC(N)=O)NC(=O)[C@H](CC(N)=O)NC(=O)[C@@H](N)CCSC)[C@@H](C)O)C(=O)N[C@@H](CC(C)C)C(=O)N[C@H](C(=O)N[C@@H](CS)C(=O)N[C@@H](CS)C(=O)N[C@@H](CC(C)C)C(=O)N[C@H](C(=O)N[C@@H](Cc1ccccc1)C(=O)N[C@@H](CC(C)C)C(=O)N[C@H](C(=O)N[C@@H](CC(C)C)C(=O)N[C@@H](CO)C(=O)O)[C@@H](C)O)[C@@H](C)CC)[C@@H](C)CC. The van der Waals surface area contributed by atoms with E-state index in [2.05, 4.69) is 110 Å². The Balaban J connectivity index is 3.57. The maximum atomic E-state index is 14.8. The van der Waals surface area contributed by atoms with Gasteiger partial charge < -0.3 is 123 Å². The number of thioether (sulfide) groups is 1. The fraction of sp³-hybridized carbons (Fsp3) is 0.706. The van der Waals surface area contributed by atoms with Gasteiger partial charge in [0.15, 0.2) is 0 Å². The van der Waals surface area contributed by atoms with Crippen molar-refractivity contribution >= 4 is 149 Å². The summed E-state index contributed by atoms with van der Waals surface area (Å²) in [6.07, 6.45) is -2.54. The second-order valence-corrected chi connectivity index (χ2v) is 36.3. The van der Waals surface area contributed by atoms with Crippen LogP contribution < -0.4 is 102 Å². The first kappa shape index (κ1) is 118. The zero-order chi connectivity index (χ0) is 99.4. The number of carboxylic acid groups (broad SMARTS) is 1. The molecule has 45 heteroatoms. The number of rotatable bonds is 62. The van der Waals surface area contributed by atoms with Crippen molar-refractivity contribution < 1.29 is 112 Å². The molecule has 42 nitrogen and oxygen atoms in total. The van der Waals surface area contributed by atoms with Gasteiger partial charge in [-0.2, -0.15) is 37.0 Å². The summed E-state index contributed by atoms with van der Waals surface area (Å²) in [5.41, 5.74) is 17.2. The van der Waals surface area contributed by atoms with E-state index in [0.717, 1.165) is 6.92 Å². The molecular weight excluding hydrogens is 1750 g/mol. The lowest BCUT2D eigenvalue weighted by Gasteiger charge is -2.31. The van der Waals surface area contributed by atoms with Crippen LogP contribution in [-0.2, 0) is 97.5 Å². The number of primary amides is 2. The summed E-state index contributed by atoms with van der Waals surface area (Å²) in [6.45, 7) is 26.6. The highest BCUT2D eigenvalue weighted by molar-refractivity contribution is 7.98. The summed E-state index contributed by atoms with van der Waals surface area (Å²) in [5, 5.41) is 81.2. The molecule has 0 radical (unpaired) electrons. The predicted molar refractivity (Wildman–Crippen MR) is 492 cm³/mol. The fourth-order valence-corrected chi connectivity index (χ4v) is 14.1. The molecule has 0 saturated carbocycles. The number of thiol groups is 2. The molecule has 1 rings (SSSR count). The zero-order valence-electron chi connectivity index (χ0n) is 77.8. The topological polar surface area (TPSA) is 676 Å². The number of benzene rings is 1. The van der Waals surface area contributed by atoms with Crippen molar-refractivity contribution in [2.75, 3.05) is 30.1 Å². The monoisotopic (exact) mass is 1900 g/mol. The van der Waals surface area contributed by atoms with Gasteiger partial charge in [0.05, 0.1) is 31.3 Å². The number of hydrogen-bond donors (Lipinski definition) is 25. The molecule has 736 valence electrons. The normalized spacial score (nSPS) is 16.5. The Bertz CT molecular complexity index is 3930. The molecule has 0 aliphatic rings. The molecule has 0 aliphatic carbocycles. The summed E-state index contributed by atoms with van der Waals surface area (Å²) < 4.78 is 0. The Morgan fingerprint density at radius 3 is 0.992 bits per heavy atom. The molecule has 0 unspecified atom stereocenters. The van der Waals surface area contributed by atoms with Crippen LogP contribution in [-0.4, -0.2) is 278 Å². The van der Waals surface area contributed by atoms with Gasteiger partial charge in [-0.25, -0.2) is 4.79 Å². The molecule has 0 bridgehead atoms. The number of aliphatic hydroxyl groups is 3. The van der Waals surface area contributed by atoms with E-state index < -0.39 is 271 Å². The lowest BCUT2D eigenvalue weighted by molar-refractivity contribution is -0.143. The maximum Gasteiger partial charge on any atom is 0.328 e. The smallest absolute Gasteiger partial charge is 0.328 e. The van der Waals surface area contributed by atoms with Gasteiger partial charge in [-0.1, -0.05) is 147 Å². The number of aliphatic carboxylic acids is 1. The Hall–Kier alpha value is -9.96. The van der Waals surface area contributed by atoms with Crippen LogP contribution in [0.5, 0.6) is 0 Å². The van der Waals surface area contributed by atoms with E-state index in [-0.39, 0.29) is 93.0 Å². The molecule has 18 amide bonds. The van der Waals surface area contributed by atoms with Crippen molar-refractivity contribution in [2.45, 2.75) is 310 Å². The third-order valence-corrected chi connectivity index (χ3v) is 22.7. The molecule has 1 aromatic carbocycles. The van der Waals surface area contributed by atoms with Crippen LogP contribution in [0.2, 0.25) is 0 Å². The van der Waals surface area contributed by atoms with Crippen molar-refractivity contribution in [3.63, 3.8) is 0 Å². The third-order valence-electron chi connectivity index (χ3n) is 21.3. The Kier molecular flexibility index (Phi) is 54.6. The van der Waals surface area contributed by atoms with E-state index in [1.165, 1.54) is 25.6 Å². The highest BCUT2D eigenvalue weighted by Crippen LogP contribution is 2.19. The van der Waals surface area contributed by atoms with Crippen LogP contribution in [0.4, 0.5) is 0 Å². The van der Waals surface area contributed by atoms with Crippen molar-refractivity contribution in [3.05, 3.63) is 35.9 Å². The number of aliphatic hydroxyl groups excluding tert-OH is 3. The van der Waals surface area contributed by atoms with E-state index in [9.17, 15) is 112 Å². The Morgan fingerprint density at radius 1 is 0.354 bits per heavy atom. The largest absolute Gasteiger partial charge is 0.480 e. The number of carbonyl (C=O) groups excluding carboxylic acids is 18. The number of nitrogens with two attached hydrogens (primary N) is 3. The summed E-state index contributed by atoms with van der Waals surface area (Å²) in [7, 11) is 0. The van der Waals surface area contributed by atoms with Crippen molar-refractivity contribution in [3.8, 4) is 0 Å². The van der Waals surface area contributed by atoms with Gasteiger partial charge in [0.2, 0.25) is 106 Å². The van der Waals surface area contributed by atoms with Gasteiger partial charge in [0.25, 0.3) is 0 Å². The second kappa shape index (κ2) is 60.2. The van der Waals surface area contributed by atoms with E-state index >= 15 is 0 Å². The summed E-state index contributed by atoms with van der Waals surface area (Å²) in [5.74, 6) is -22.1. The van der Waals surface area contributed by atoms with E-state index in [4.69, 9.17) is 17.2 Å². The van der Waals surface area contributed by atoms with Crippen LogP contribution in [0.1, 0.15) is 194 Å². The van der Waals surface area contributed by atoms with Crippen LogP contribution in [0.15, 0.2) is 30.3 Å². The number of carboxylic acids is 1. The highest BCUT2D eigenvalue weighted by atomic mass is 32.2. The predicted octanol–water partition coefficient (Wildman–Crippen LogP) is -3.75. The van der Waals surface area contributed by atoms with Crippen LogP contribution in [0, 0.1) is 41.4 Å². The van der Waals surface area contributed by atoms with Crippen LogP contribution in [0.3, 0.4) is 0 Å².